The van der Waals surface area contributed by atoms with E-state index in [1.807, 2.05) is 30.3 Å². The zero-order chi connectivity index (χ0) is 13.5. The van der Waals surface area contributed by atoms with Crippen LogP contribution in [0.2, 0.25) is 0 Å². The Morgan fingerprint density at radius 3 is 2.84 bits per heavy atom. The number of carbonyl (C=O) groups excluding carboxylic acids is 2. The second-order valence-corrected chi connectivity index (χ2v) is 4.49. The van der Waals surface area contributed by atoms with Gasteiger partial charge in [-0.2, -0.15) is 5.10 Å². The van der Waals surface area contributed by atoms with E-state index in [9.17, 15) is 9.59 Å². The van der Waals surface area contributed by atoms with Gasteiger partial charge in [0.2, 0.25) is 0 Å². The van der Waals surface area contributed by atoms with Crippen LogP contribution in [0.25, 0.3) is 0 Å². The van der Waals surface area contributed by atoms with Gasteiger partial charge in [-0.15, -0.1) is 0 Å². The molecule has 1 aromatic rings. The monoisotopic (exact) mass is 259 g/mol. The fraction of sp³-hybridized carbons (Fsp3) is 0.357. The normalized spacial score (nSPS) is 18.6. The molecule has 1 atom stereocenters. The molecule has 0 amide bonds. The van der Waals surface area contributed by atoms with Gasteiger partial charge in [0.05, 0.1) is 24.4 Å². The summed E-state index contributed by atoms with van der Waals surface area (Å²) in [6.07, 6.45) is 2.90. The van der Waals surface area contributed by atoms with Gasteiger partial charge >= 0.3 is 0 Å². The Labute approximate surface area is 112 Å². The summed E-state index contributed by atoms with van der Waals surface area (Å²) in [4.78, 5) is 23.3. The highest BCUT2D eigenvalue weighted by Gasteiger charge is 2.23. The number of nitrogens with one attached hydrogen (secondary N) is 2. The minimum atomic E-state index is -0.276. The third kappa shape index (κ3) is 4.30. The van der Waals surface area contributed by atoms with Crippen LogP contribution >= 0.6 is 0 Å². The van der Waals surface area contributed by atoms with Gasteiger partial charge in [-0.1, -0.05) is 18.2 Å². The molecule has 2 N–H and O–H groups in total. The van der Waals surface area contributed by atoms with Crippen molar-refractivity contribution in [2.24, 2.45) is 5.10 Å². The molecule has 0 aliphatic carbocycles. The number of nitrogens with zero attached hydrogens (tertiary/aromatic N) is 1. The van der Waals surface area contributed by atoms with Crippen molar-refractivity contribution in [3.05, 3.63) is 30.3 Å². The van der Waals surface area contributed by atoms with Gasteiger partial charge in [0.1, 0.15) is 0 Å². The highest BCUT2D eigenvalue weighted by molar-refractivity contribution is 6.32. The van der Waals surface area contributed by atoms with E-state index < -0.39 is 0 Å². The first-order chi connectivity index (χ1) is 9.25. The SMILES string of the molecule is O=C(C=NNc1ccccc1)CC(=O)C1CCCN1. The fourth-order valence-corrected chi connectivity index (χ4v) is 1.99. The number of anilines is 1. The standard InChI is InChI=1S/C14H17N3O2/c18-12(9-14(19)13-7-4-8-15-13)10-16-17-11-5-2-1-3-6-11/h1-3,5-6,10,13,15,17H,4,7-9H2. The molecule has 5 nitrogen and oxygen atoms in total. The summed E-state index contributed by atoms with van der Waals surface area (Å²) in [7, 11) is 0. The smallest absolute Gasteiger partial charge is 0.183 e. The van der Waals surface area contributed by atoms with Crippen LogP contribution < -0.4 is 10.7 Å². The van der Waals surface area contributed by atoms with E-state index in [-0.39, 0.29) is 24.0 Å². The van der Waals surface area contributed by atoms with Crippen LogP contribution in [0.3, 0.4) is 0 Å². The molecule has 1 unspecified atom stereocenters. The molecule has 0 saturated carbocycles. The van der Waals surface area contributed by atoms with Crippen molar-refractivity contribution >= 4 is 23.5 Å². The number of Topliss-reactive ketones (excluding diaryl/α,β-unsaturated/α-hetero) is 2. The van der Waals surface area contributed by atoms with Crippen molar-refractivity contribution < 1.29 is 9.59 Å². The molecule has 5 heteroatoms. The van der Waals surface area contributed by atoms with Crippen molar-refractivity contribution in [2.75, 3.05) is 12.0 Å². The second-order valence-electron chi connectivity index (χ2n) is 4.49. The third-order valence-corrected chi connectivity index (χ3v) is 2.97. The Morgan fingerprint density at radius 1 is 1.37 bits per heavy atom. The zero-order valence-corrected chi connectivity index (χ0v) is 10.6. The van der Waals surface area contributed by atoms with Crippen molar-refractivity contribution in [3.63, 3.8) is 0 Å². The van der Waals surface area contributed by atoms with Crippen LogP contribution in [-0.2, 0) is 9.59 Å². The molecule has 0 bridgehead atoms. The van der Waals surface area contributed by atoms with Gasteiger partial charge in [-0.05, 0) is 31.5 Å². The van der Waals surface area contributed by atoms with E-state index in [1.165, 1.54) is 6.21 Å². The summed E-state index contributed by atoms with van der Waals surface area (Å²) < 4.78 is 0. The maximum Gasteiger partial charge on any atom is 0.183 e. The summed E-state index contributed by atoms with van der Waals surface area (Å²) in [5.74, 6) is -0.323. The number of ketones is 2. The Hall–Kier alpha value is -2.01. The lowest BCUT2D eigenvalue weighted by Gasteiger charge is -2.06. The Morgan fingerprint density at radius 2 is 2.16 bits per heavy atom. The average Bonchev–Trinajstić information content (AvgIpc) is 2.94. The summed E-state index contributed by atoms with van der Waals surface area (Å²) in [5, 5.41) is 6.91. The molecule has 1 aliphatic rings. The molecule has 19 heavy (non-hydrogen) atoms. The van der Waals surface area contributed by atoms with Crippen LogP contribution in [-0.4, -0.2) is 30.4 Å². The number of hydrogen-bond acceptors (Lipinski definition) is 5. The van der Waals surface area contributed by atoms with E-state index in [1.54, 1.807) is 0 Å². The minimum Gasteiger partial charge on any atom is -0.307 e. The molecule has 0 spiro atoms. The molecular formula is C14H17N3O2. The predicted molar refractivity (Wildman–Crippen MR) is 74.2 cm³/mol. The lowest BCUT2D eigenvalue weighted by atomic mass is 10.1. The van der Waals surface area contributed by atoms with E-state index in [0.29, 0.717) is 0 Å². The van der Waals surface area contributed by atoms with Crippen molar-refractivity contribution in [3.8, 4) is 0 Å². The number of rotatable bonds is 6. The van der Waals surface area contributed by atoms with Gasteiger partial charge in [0.25, 0.3) is 0 Å². The largest absolute Gasteiger partial charge is 0.307 e. The lowest BCUT2D eigenvalue weighted by Crippen LogP contribution is -2.32. The van der Waals surface area contributed by atoms with Crippen molar-refractivity contribution in [1.82, 2.24) is 5.32 Å². The van der Waals surface area contributed by atoms with Crippen LogP contribution in [0.5, 0.6) is 0 Å². The van der Waals surface area contributed by atoms with E-state index >= 15 is 0 Å². The molecule has 1 aromatic carbocycles. The first kappa shape index (κ1) is 13.4. The highest BCUT2D eigenvalue weighted by Crippen LogP contribution is 2.08. The maximum atomic E-state index is 11.7. The Balaban J connectivity index is 1.76. The molecule has 1 heterocycles. The van der Waals surface area contributed by atoms with E-state index in [4.69, 9.17) is 0 Å². The number of para-hydroxylation sites is 1. The van der Waals surface area contributed by atoms with Crippen LogP contribution in [0.4, 0.5) is 5.69 Å². The number of benzene rings is 1. The molecule has 0 radical (unpaired) electrons. The maximum absolute atomic E-state index is 11.7. The highest BCUT2D eigenvalue weighted by atomic mass is 16.1. The number of hydrogen-bond donors (Lipinski definition) is 2. The Bertz CT molecular complexity index is 465. The van der Waals surface area contributed by atoms with Gasteiger partial charge in [0, 0.05) is 0 Å². The number of carbonyl (C=O) groups is 2. The second kappa shape index (κ2) is 6.80. The molecule has 1 saturated heterocycles. The first-order valence-electron chi connectivity index (χ1n) is 6.39. The summed E-state index contributed by atoms with van der Waals surface area (Å²) in [6, 6.07) is 9.17. The van der Waals surface area contributed by atoms with E-state index in [0.717, 1.165) is 25.1 Å². The van der Waals surface area contributed by atoms with Gasteiger partial charge in [-0.25, -0.2) is 0 Å². The Kier molecular flexibility index (Phi) is 4.80. The van der Waals surface area contributed by atoms with Crippen LogP contribution in [0.15, 0.2) is 35.4 Å². The third-order valence-electron chi connectivity index (χ3n) is 2.97. The number of hydrazone groups is 1. The molecule has 100 valence electrons. The zero-order valence-electron chi connectivity index (χ0n) is 10.6. The van der Waals surface area contributed by atoms with Crippen LogP contribution in [0.1, 0.15) is 19.3 Å². The predicted octanol–water partition coefficient (Wildman–Crippen LogP) is 1.36. The molecule has 0 aromatic heterocycles. The van der Waals surface area contributed by atoms with E-state index in [2.05, 4.69) is 15.8 Å². The fourth-order valence-electron chi connectivity index (χ4n) is 1.99. The van der Waals surface area contributed by atoms with Crippen molar-refractivity contribution in [1.29, 1.82) is 0 Å². The topological polar surface area (TPSA) is 70.6 Å². The average molecular weight is 259 g/mol. The molecule has 2 rings (SSSR count). The molecule has 1 fully saturated rings. The van der Waals surface area contributed by atoms with Crippen LogP contribution in [0, 0.1) is 0 Å². The van der Waals surface area contributed by atoms with Gasteiger partial charge < -0.3 is 5.32 Å². The molecule has 1 aliphatic heterocycles. The lowest BCUT2D eigenvalue weighted by molar-refractivity contribution is -0.125. The quantitative estimate of drug-likeness (QED) is 0.460. The van der Waals surface area contributed by atoms with Crippen molar-refractivity contribution in [2.45, 2.75) is 25.3 Å². The summed E-state index contributed by atoms with van der Waals surface area (Å²) >= 11 is 0. The molecular weight excluding hydrogens is 242 g/mol. The first-order valence-corrected chi connectivity index (χ1v) is 6.39. The van der Waals surface area contributed by atoms with Gasteiger partial charge in [0.15, 0.2) is 11.6 Å². The summed E-state index contributed by atoms with van der Waals surface area (Å²) in [6.45, 7) is 0.855. The minimum absolute atomic E-state index is 0.0475. The van der Waals surface area contributed by atoms with Gasteiger partial charge in [-0.3, -0.25) is 15.0 Å². The summed E-state index contributed by atoms with van der Waals surface area (Å²) in [5.41, 5.74) is 3.54.